The summed E-state index contributed by atoms with van der Waals surface area (Å²) in [6, 6.07) is 4.26. The molecule has 21 heavy (non-hydrogen) atoms. The molecular formula is C17H28N2O2. The molecule has 118 valence electrons. The summed E-state index contributed by atoms with van der Waals surface area (Å²) in [5, 5.41) is 3.37. The third-order valence-electron chi connectivity index (χ3n) is 3.81. The Morgan fingerprint density at radius 3 is 2.81 bits per heavy atom. The van der Waals surface area contributed by atoms with Crippen LogP contribution in [0.25, 0.3) is 0 Å². The second-order valence-corrected chi connectivity index (χ2v) is 5.70. The van der Waals surface area contributed by atoms with Crippen molar-refractivity contribution in [3.05, 3.63) is 23.4 Å². The fraction of sp³-hybridized carbons (Fsp3) is 0.706. The van der Waals surface area contributed by atoms with Gasteiger partial charge in [0.05, 0.1) is 6.61 Å². The van der Waals surface area contributed by atoms with E-state index in [-0.39, 0.29) is 0 Å². The van der Waals surface area contributed by atoms with Crippen LogP contribution in [0.3, 0.4) is 0 Å². The molecule has 0 amide bonds. The summed E-state index contributed by atoms with van der Waals surface area (Å²) in [6.45, 7) is 8.64. The molecule has 4 heteroatoms. The Kier molecular flexibility index (Phi) is 6.96. The molecule has 1 aromatic rings. The van der Waals surface area contributed by atoms with Crippen LogP contribution in [0.1, 0.15) is 44.4 Å². The van der Waals surface area contributed by atoms with Crippen molar-refractivity contribution in [2.24, 2.45) is 5.92 Å². The first-order valence-electron chi connectivity index (χ1n) is 8.23. The standard InChI is InChI=1S/C17H28N2O2/c1-3-5-16-10-15(12-18-4-2)11-17(19-16)21-13-14-6-8-20-9-7-14/h10-11,14,18H,3-9,12-13H2,1-2H3. The molecule has 0 unspecified atom stereocenters. The van der Waals surface area contributed by atoms with Crippen LogP contribution in [0.2, 0.25) is 0 Å². The molecule has 0 spiro atoms. The molecule has 0 atom stereocenters. The predicted molar refractivity (Wildman–Crippen MR) is 84.7 cm³/mol. The summed E-state index contributed by atoms with van der Waals surface area (Å²) in [5.74, 6) is 1.38. The number of nitrogens with one attached hydrogen (secondary N) is 1. The van der Waals surface area contributed by atoms with E-state index in [2.05, 4.69) is 36.3 Å². The summed E-state index contributed by atoms with van der Waals surface area (Å²) >= 11 is 0. The van der Waals surface area contributed by atoms with Crippen LogP contribution in [-0.2, 0) is 17.7 Å². The molecule has 0 aromatic carbocycles. The second kappa shape index (κ2) is 9.00. The van der Waals surface area contributed by atoms with Crippen molar-refractivity contribution in [2.75, 3.05) is 26.4 Å². The molecule has 0 saturated carbocycles. The van der Waals surface area contributed by atoms with Gasteiger partial charge in [-0.1, -0.05) is 20.3 Å². The van der Waals surface area contributed by atoms with E-state index < -0.39 is 0 Å². The van der Waals surface area contributed by atoms with E-state index in [1.165, 1.54) is 5.56 Å². The maximum atomic E-state index is 5.96. The largest absolute Gasteiger partial charge is 0.477 e. The normalized spacial score (nSPS) is 16.1. The highest BCUT2D eigenvalue weighted by atomic mass is 16.5. The first kappa shape index (κ1) is 16.2. The Labute approximate surface area is 128 Å². The van der Waals surface area contributed by atoms with E-state index in [0.717, 1.165) is 70.2 Å². The van der Waals surface area contributed by atoms with Gasteiger partial charge in [-0.05, 0) is 43.4 Å². The SMILES string of the molecule is CCCc1cc(CNCC)cc(OCC2CCOCC2)n1. The lowest BCUT2D eigenvalue weighted by Gasteiger charge is -2.22. The topological polar surface area (TPSA) is 43.4 Å². The average molecular weight is 292 g/mol. The van der Waals surface area contributed by atoms with Crippen molar-refractivity contribution in [3.8, 4) is 5.88 Å². The van der Waals surface area contributed by atoms with Crippen molar-refractivity contribution in [3.63, 3.8) is 0 Å². The third-order valence-corrected chi connectivity index (χ3v) is 3.81. The van der Waals surface area contributed by atoms with E-state index in [9.17, 15) is 0 Å². The van der Waals surface area contributed by atoms with Crippen LogP contribution in [-0.4, -0.2) is 31.3 Å². The fourth-order valence-corrected chi connectivity index (χ4v) is 2.57. The number of aromatic nitrogens is 1. The van der Waals surface area contributed by atoms with Gasteiger partial charge in [0.15, 0.2) is 0 Å². The van der Waals surface area contributed by atoms with Crippen molar-refractivity contribution < 1.29 is 9.47 Å². The van der Waals surface area contributed by atoms with Crippen LogP contribution >= 0.6 is 0 Å². The van der Waals surface area contributed by atoms with Crippen molar-refractivity contribution in [2.45, 2.75) is 46.1 Å². The number of ether oxygens (including phenoxy) is 2. The van der Waals surface area contributed by atoms with Gasteiger partial charge < -0.3 is 14.8 Å². The number of nitrogens with zero attached hydrogens (tertiary/aromatic N) is 1. The highest BCUT2D eigenvalue weighted by Crippen LogP contribution is 2.19. The maximum absolute atomic E-state index is 5.96. The molecule has 0 aliphatic carbocycles. The highest BCUT2D eigenvalue weighted by Gasteiger charge is 2.15. The Hall–Kier alpha value is -1.13. The van der Waals surface area contributed by atoms with Gasteiger partial charge in [0.25, 0.3) is 0 Å². The van der Waals surface area contributed by atoms with Gasteiger partial charge in [0, 0.05) is 31.5 Å². The van der Waals surface area contributed by atoms with Crippen LogP contribution in [0, 0.1) is 5.92 Å². The minimum absolute atomic E-state index is 0.604. The molecule has 1 saturated heterocycles. The van der Waals surface area contributed by atoms with Gasteiger partial charge in [0.2, 0.25) is 5.88 Å². The number of hydrogen-bond donors (Lipinski definition) is 1. The number of pyridine rings is 1. The number of rotatable bonds is 8. The zero-order valence-corrected chi connectivity index (χ0v) is 13.4. The van der Waals surface area contributed by atoms with Gasteiger partial charge in [0.1, 0.15) is 0 Å². The van der Waals surface area contributed by atoms with Gasteiger partial charge >= 0.3 is 0 Å². The smallest absolute Gasteiger partial charge is 0.213 e. The minimum atomic E-state index is 0.604. The molecule has 2 rings (SSSR count). The molecule has 0 radical (unpaired) electrons. The maximum Gasteiger partial charge on any atom is 0.213 e. The van der Waals surface area contributed by atoms with Crippen LogP contribution in [0.4, 0.5) is 0 Å². The van der Waals surface area contributed by atoms with E-state index in [4.69, 9.17) is 9.47 Å². The lowest BCUT2D eigenvalue weighted by atomic mass is 10.0. The first-order valence-corrected chi connectivity index (χ1v) is 8.23. The van der Waals surface area contributed by atoms with Gasteiger partial charge in [-0.3, -0.25) is 0 Å². The van der Waals surface area contributed by atoms with E-state index in [1.54, 1.807) is 0 Å². The molecular weight excluding hydrogens is 264 g/mol. The van der Waals surface area contributed by atoms with Crippen LogP contribution < -0.4 is 10.1 Å². The van der Waals surface area contributed by atoms with Crippen molar-refractivity contribution in [1.29, 1.82) is 0 Å². The van der Waals surface area contributed by atoms with Crippen LogP contribution in [0.5, 0.6) is 5.88 Å². The highest BCUT2D eigenvalue weighted by molar-refractivity contribution is 5.25. The predicted octanol–water partition coefficient (Wildman–Crippen LogP) is 2.95. The lowest BCUT2D eigenvalue weighted by molar-refractivity contribution is 0.0490. The number of hydrogen-bond acceptors (Lipinski definition) is 4. The summed E-state index contributed by atoms with van der Waals surface area (Å²) < 4.78 is 11.3. The minimum Gasteiger partial charge on any atom is -0.477 e. The molecule has 2 heterocycles. The zero-order valence-electron chi connectivity index (χ0n) is 13.4. The van der Waals surface area contributed by atoms with Gasteiger partial charge in [-0.2, -0.15) is 0 Å². The summed E-state index contributed by atoms with van der Waals surface area (Å²) in [4.78, 5) is 4.63. The Balaban J connectivity index is 1.96. The molecule has 1 fully saturated rings. The zero-order chi connectivity index (χ0) is 14.9. The quantitative estimate of drug-likeness (QED) is 0.800. The lowest BCUT2D eigenvalue weighted by Crippen LogP contribution is -2.22. The van der Waals surface area contributed by atoms with E-state index >= 15 is 0 Å². The summed E-state index contributed by atoms with van der Waals surface area (Å²) in [5.41, 5.74) is 2.40. The molecule has 1 N–H and O–H groups in total. The second-order valence-electron chi connectivity index (χ2n) is 5.70. The molecule has 1 aliphatic rings. The van der Waals surface area contributed by atoms with E-state index in [0.29, 0.717) is 5.92 Å². The Morgan fingerprint density at radius 2 is 2.10 bits per heavy atom. The number of aryl methyl sites for hydroxylation is 1. The summed E-state index contributed by atoms with van der Waals surface area (Å²) in [7, 11) is 0. The summed E-state index contributed by atoms with van der Waals surface area (Å²) in [6.07, 6.45) is 4.31. The Morgan fingerprint density at radius 1 is 1.29 bits per heavy atom. The average Bonchev–Trinajstić information content (AvgIpc) is 2.52. The molecule has 1 aromatic heterocycles. The van der Waals surface area contributed by atoms with Gasteiger partial charge in [-0.25, -0.2) is 4.98 Å². The third kappa shape index (κ3) is 5.64. The monoisotopic (exact) mass is 292 g/mol. The molecule has 4 nitrogen and oxygen atoms in total. The van der Waals surface area contributed by atoms with E-state index in [1.807, 2.05) is 0 Å². The molecule has 0 bridgehead atoms. The van der Waals surface area contributed by atoms with Gasteiger partial charge in [-0.15, -0.1) is 0 Å². The fourth-order valence-electron chi connectivity index (χ4n) is 2.57. The van der Waals surface area contributed by atoms with Crippen molar-refractivity contribution in [1.82, 2.24) is 10.3 Å². The van der Waals surface area contributed by atoms with Crippen molar-refractivity contribution >= 4 is 0 Å². The van der Waals surface area contributed by atoms with Crippen LogP contribution in [0.15, 0.2) is 12.1 Å². The molecule has 1 aliphatic heterocycles. The first-order chi connectivity index (χ1) is 10.3. The Bertz CT molecular complexity index is 417.